The summed E-state index contributed by atoms with van der Waals surface area (Å²) in [4.78, 5) is 4.13. The van der Waals surface area contributed by atoms with Gasteiger partial charge in [0.05, 0.1) is 19.8 Å². The van der Waals surface area contributed by atoms with Crippen LogP contribution in [0.15, 0.2) is 12.1 Å². The highest BCUT2D eigenvalue weighted by Crippen LogP contribution is 2.15. The van der Waals surface area contributed by atoms with Gasteiger partial charge >= 0.3 is 0 Å². The van der Waals surface area contributed by atoms with Gasteiger partial charge in [0.25, 0.3) is 0 Å². The van der Waals surface area contributed by atoms with Gasteiger partial charge in [0.1, 0.15) is 0 Å². The SMILES string of the molecule is OCCN(CCN1CCOCC1)Cc1cc(F)c(F)c(F)c1. The quantitative estimate of drug-likeness (QED) is 0.767. The highest BCUT2D eigenvalue weighted by atomic mass is 19.2. The highest BCUT2D eigenvalue weighted by molar-refractivity contribution is 5.19. The minimum absolute atomic E-state index is 0.0464. The minimum Gasteiger partial charge on any atom is -0.395 e. The predicted molar refractivity (Wildman–Crippen MR) is 75.9 cm³/mol. The van der Waals surface area contributed by atoms with Gasteiger partial charge in [0, 0.05) is 39.3 Å². The molecule has 0 aliphatic carbocycles. The van der Waals surface area contributed by atoms with Crippen molar-refractivity contribution in [3.63, 3.8) is 0 Å². The number of morpholine rings is 1. The first-order valence-electron chi connectivity index (χ1n) is 7.37. The fraction of sp³-hybridized carbons (Fsp3) is 0.600. The van der Waals surface area contributed by atoms with E-state index < -0.39 is 17.5 Å². The summed E-state index contributed by atoms with van der Waals surface area (Å²) in [7, 11) is 0. The van der Waals surface area contributed by atoms with Crippen LogP contribution in [0.5, 0.6) is 0 Å². The first-order valence-corrected chi connectivity index (χ1v) is 7.37. The Morgan fingerprint density at radius 3 is 2.32 bits per heavy atom. The Bertz CT molecular complexity index is 459. The fourth-order valence-corrected chi connectivity index (χ4v) is 2.48. The van der Waals surface area contributed by atoms with E-state index in [0.717, 1.165) is 31.8 Å². The molecule has 0 saturated carbocycles. The molecule has 0 bridgehead atoms. The van der Waals surface area contributed by atoms with E-state index in [1.165, 1.54) is 0 Å². The number of nitrogens with zero attached hydrogens (tertiary/aromatic N) is 2. The summed E-state index contributed by atoms with van der Waals surface area (Å²) in [5.41, 5.74) is 0.354. The summed E-state index contributed by atoms with van der Waals surface area (Å²) in [6, 6.07) is 2.00. The van der Waals surface area contributed by atoms with Gasteiger partial charge in [-0.15, -0.1) is 0 Å². The van der Waals surface area contributed by atoms with Crippen LogP contribution in [0.25, 0.3) is 0 Å². The minimum atomic E-state index is -1.45. The maximum Gasteiger partial charge on any atom is 0.194 e. The molecule has 124 valence electrons. The van der Waals surface area contributed by atoms with E-state index in [2.05, 4.69) is 4.90 Å². The third-order valence-corrected chi connectivity index (χ3v) is 3.70. The average molecular weight is 318 g/mol. The van der Waals surface area contributed by atoms with Crippen LogP contribution in [0.1, 0.15) is 5.56 Å². The van der Waals surface area contributed by atoms with Crippen molar-refractivity contribution >= 4 is 0 Å². The molecule has 0 spiro atoms. The number of rotatable bonds is 7. The van der Waals surface area contributed by atoms with Crippen LogP contribution in [0.2, 0.25) is 0 Å². The van der Waals surface area contributed by atoms with Crippen molar-refractivity contribution < 1.29 is 23.0 Å². The number of aliphatic hydroxyl groups excluding tert-OH is 1. The van der Waals surface area contributed by atoms with E-state index in [0.29, 0.717) is 31.9 Å². The lowest BCUT2D eigenvalue weighted by Gasteiger charge is -2.29. The molecule has 0 aromatic heterocycles. The van der Waals surface area contributed by atoms with Crippen LogP contribution in [-0.2, 0) is 11.3 Å². The van der Waals surface area contributed by atoms with Crippen LogP contribution < -0.4 is 0 Å². The molecule has 0 radical (unpaired) electrons. The molecule has 1 aromatic rings. The topological polar surface area (TPSA) is 35.9 Å². The highest BCUT2D eigenvalue weighted by Gasteiger charge is 2.15. The van der Waals surface area contributed by atoms with E-state index in [4.69, 9.17) is 9.84 Å². The van der Waals surface area contributed by atoms with Gasteiger partial charge in [-0.2, -0.15) is 0 Å². The number of benzene rings is 1. The van der Waals surface area contributed by atoms with Gasteiger partial charge in [-0.05, 0) is 17.7 Å². The van der Waals surface area contributed by atoms with E-state index in [-0.39, 0.29) is 13.2 Å². The zero-order valence-electron chi connectivity index (χ0n) is 12.4. The number of ether oxygens (including phenoxy) is 1. The maximum atomic E-state index is 13.2. The number of hydrogen-bond acceptors (Lipinski definition) is 4. The molecule has 1 saturated heterocycles. The zero-order chi connectivity index (χ0) is 15.9. The molecule has 22 heavy (non-hydrogen) atoms. The lowest BCUT2D eigenvalue weighted by molar-refractivity contribution is 0.0320. The van der Waals surface area contributed by atoms with Crippen LogP contribution in [0, 0.1) is 17.5 Å². The summed E-state index contributed by atoms with van der Waals surface area (Å²) < 4.78 is 44.7. The van der Waals surface area contributed by atoms with Crippen molar-refractivity contribution in [3.05, 3.63) is 35.1 Å². The Morgan fingerprint density at radius 2 is 1.73 bits per heavy atom. The Morgan fingerprint density at radius 1 is 1.09 bits per heavy atom. The Hall–Kier alpha value is -1.15. The summed E-state index contributed by atoms with van der Waals surface area (Å²) in [6.45, 7) is 5.16. The largest absolute Gasteiger partial charge is 0.395 e. The van der Waals surface area contributed by atoms with Gasteiger partial charge < -0.3 is 9.84 Å². The van der Waals surface area contributed by atoms with E-state index in [9.17, 15) is 13.2 Å². The Balaban J connectivity index is 1.92. The molecule has 0 atom stereocenters. The molecule has 0 amide bonds. The molecule has 1 N–H and O–H groups in total. The van der Waals surface area contributed by atoms with Crippen molar-refractivity contribution in [1.29, 1.82) is 0 Å². The molecule has 2 rings (SSSR count). The molecule has 7 heteroatoms. The normalized spacial score (nSPS) is 16.4. The molecule has 1 aliphatic rings. The van der Waals surface area contributed by atoms with Crippen molar-refractivity contribution in [2.45, 2.75) is 6.54 Å². The molecule has 0 unspecified atom stereocenters. The molecular weight excluding hydrogens is 297 g/mol. The summed E-state index contributed by atoms with van der Waals surface area (Å²) in [5.74, 6) is -3.83. The molecule has 1 fully saturated rings. The van der Waals surface area contributed by atoms with Gasteiger partial charge in [-0.1, -0.05) is 0 Å². The standard InChI is InChI=1S/C15H21F3N2O2/c16-13-9-12(10-14(17)15(13)18)11-20(3-6-21)2-1-19-4-7-22-8-5-19/h9-10,21H,1-8,11H2. The summed E-state index contributed by atoms with van der Waals surface area (Å²) in [6.07, 6.45) is 0. The lowest BCUT2D eigenvalue weighted by atomic mass is 10.2. The van der Waals surface area contributed by atoms with Crippen LogP contribution in [0.3, 0.4) is 0 Å². The maximum absolute atomic E-state index is 13.2. The Labute approximate surface area is 128 Å². The smallest absolute Gasteiger partial charge is 0.194 e. The summed E-state index contributed by atoms with van der Waals surface area (Å²) >= 11 is 0. The van der Waals surface area contributed by atoms with Crippen LogP contribution in [-0.4, -0.2) is 67.5 Å². The van der Waals surface area contributed by atoms with Crippen molar-refractivity contribution in [1.82, 2.24) is 9.80 Å². The van der Waals surface area contributed by atoms with E-state index >= 15 is 0 Å². The number of hydrogen-bond donors (Lipinski definition) is 1. The van der Waals surface area contributed by atoms with Crippen molar-refractivity contribution in [3.8, 4) is 0 Å². The lowest BCUT2D eigenvalue weighted by Crippen LogP contribution is -2.41. The van der Waals surface area contributed by atoms with Crippen molar-refractivity contribution in [2.75, 3.05) is 52.5 Å². The first kappa shape index (κ1) is 17.2. The third kappa shape index (κ3) is 4.95. The Kier molecular flexibility index (Phi) is 6.63. The predicted octanol–water partition coefficient (Wildman–Crippen LogP) is 1.23. The molecule has 1 heterocycles. The second kappa shape index (κ2) is 8.47. The van der Waals surface area contributed by atoms with Gasteiger partial charge in [-0.25, -0.2) is 13.2 Å². The second-order valence-corrected chi connectivity index (χ2v) is 5.33. The van der Waals surface area contributed by atoms with Crippen molar-refractivity contribution in [2.24, 2.45) is 0 Å². The third-order valence-electron chi connectivity index (χ3n) is 3.70. The van der Waals surface area contributed by atoms with Gasteiger partial charge in [-0.3, -0.25) is 9.80 Å². The fourth-order valence-electron chi connectivity index (χ4n) is 2.48. The first-order chi connectivity index (χ1) is 10.6. The molecule has 4 nitrogen and oxygen atoms in total. The number of halogens is 3. The van der Waals surface area contributed by atoms with E-state index in [1.54, 1.807) is 0 Å². The monoisotopic (exact) mass is 318 g/mol. The molecular formula is C15H21F3N2O2. The zero-order valence-corrected chi connectivity index (χ0v) is 12.4. The van der Waals surface area contributed by atoms with Gasteiger partial charge in [0.2, 0.25) is 0 Å². The second-order valence-electron chi connectivity index (χ2n) is 5.33. The number of aliphatic hydroxyl groups is 1. The van der Waals surface area contributed by atoms with Crippen LogP contribution in [0.4, 0.5) is 13.2 Å². The molecule has 1 aliphatic heterocycles. The van der Waals surface area contributed by atoms with Gasteiger partial charge in [0.15, 0.2) is 17.5 Å². The average Bonchev–Trinajstić information content (AvgIpc) is 2.51. The molecule has 1 aromatic carbocycles. The van der Waals surface area contributed by atoms with E-state index in [1.807, 2.05) is 4.90 Å². The van der Waals surface area contributed by atoms with Crippen LogP contribution >= 0.6 is 0 Å². The summed E-state index contributed by atoms with van der Waals surface area (Å²) in [5, 5.41) is 9.12.